The number of hydrogen-bond donors (Lipinski definition) is 1. The van der Waals surface area contributed by atoms with Crippen LogP contribution in [0.25, 0.3) is 0 Å². The summed E-state index contributed by atoms with van der Waals surface area (Å²) in [5, 5.41) is 3.40. The van der Waals surface area contributed by atoms with Gasteiger partial charge in [0.05, 0.1) is 11.3 Å². The number of aliphatic imine (C=N–C) groups is 1. The van der Waals surface area contributed by atoms with Gasteiger partial charge in [-0.25, -0.2) is 8.42 Å². The molecule has 1 saturated heterocycles. The van der Waals surface area contributed by atoms with Gasteiger partial charge in [-0.05, 0) is 44.2 Å². The highest BCUT2D eigenvalue weighted by Gasteiger charge is 2.46. The molecule has 2 fully saturated rings. The molecule has 1 aromatic rings. The smallest absolute Gasteiger partial charge is 0.198 e. The van der Waals surface area contributed by atoms with E-state index in [0.717, 1.165) is 56.8 Å². The van der Waals surface area contributed by atoms with Crippen LogP contribution in [0.1, 0.15) is 38.5 Å². The third-order valence-electron chi connectivity index (χ3n) is 5.25. The van der Waals surface area contributed by atoms with E-state index in [4.69, 9.17) is 4.99 Å². The van der Waals surface area contributed by atoms with Gasteiger partial charge in [-0.3, -0.25) is 4.99 Å². The molecule has 1 aliphatic heterocycles. The number of nitrogens with one attached hydrogen (secondary N) is 1. The Morgan fingerprint density at radius 2 is 1.79 bits per heavy atom. The molecular weight excluding hydrogens is 322 g/mol. The van der Waals surface area contributed by atoms with E-state index < -0.39 is 14.6 Å². The summed E-state index contributed by atoms with van der Waals surface area (Å²) < 4.78 is 23.7. The van der Waals surface area contributed by atoms with Crippen LogP contribution in [0.5, 0.6) is 0 Å². The van der Waals surface area contributed by atoms with E-state index in [2.05, 4.69) is 10.2 Å². The van der Waals surface area contributed by atoms with Crippen molar-refractivity contribution in [3.8, 4) is 0 Å². The summed E-state index contributed by atoms with van der Waals surface area (Å²) in [6.45, 7) is 2.31. The first-order valence-corrected chi connectivity index (χ1v) is 10.7. The minimum absolute atomic E-state index is 0.359. The van der Waals surface area contributed by atoms with E-state index in [-0.39, 0.29) is 0 Å². The standard InChI is InChI=1S/C18H27N3O2S/c1-24(22,23)18(11-8-12-18)15-19-17(21-13-6-3-7-14-21)20-16-9-4-2-5-10-16/h2,4-5,9-10H,3,6-8,11-15H2,1H3,(H,19,20). The summed E-state index contributed by atoms with van der Waals surface area (Å²) in [6, 6.07) is 9.97. The van der Waals surface area contributed by atoms with Crippen LogP contribution in [0.2, 0.25) is 0 Å². The van der Waals surface area contributed by atoms with Crippen molar-refractivity contribution < 1.29 is 8.42 Å². The fourth-order valence-electron chi connectivity index (χ4n) is 3.41. The zero-order valence-electron chi connectivity index (χ0n) is 14.4. The van der Waals surface area contributed by atoms with Crippen molar-refractivity contribution >= 4 is 21.5 Å². The number of hydrogen-bond acceptors (Lipinski definition) is 3. The van der Waals surface area contributed by atoms with Gasteiger partial charge >= 0.3 is 0 Å². The number of nitrogens with zero attached hydrogens (tertiary/aromatic N) is 2. The molecule has 132 valence electrons. The molecule has 6 heteroatoms. The zero-order chi connectivity index (χ0) is 17.0. The molecule has 0 atom stereocenters. The fraction of sp³-hybridized carbons (Fsp3) is 0.611. The highest BCUT2D eigenvalue weighted by molar-refractivity contribution is 7.92. The Bertz CT molecular complexity index is 675. The van der Waals surface area contributed by atoms with Gasteiger partial charge in [0.1, 0.15) is 0 Å². The molecule has 1 aromatic carbocycles. The minimum Gasteiger partial charge on any atom is -0.343 e. The molecule has 0 unspecified atom stereocenters. The summed E-state index contributed by atoms with van der Waals surface area (Å²) in [4.78, 5) is 7.01. The Hall–Kier alpha value is -1.56. The quantitative estimate of drug-likeness (QED) is 0.671. The van der Waals surface area contributed by atoms with E-state index in [1.807, 2.05) is 30.3 Å². The maximum atomic E-state index is 12.2. The Kier molecular flexibility index (Phi) is 5.13. The SMILES string of the molecule is CS(=O)(=O)C1(CN=C(Nc2ccccc2)N2CCCCC2)CCC1. The molecule has 0 radical (unpaired) electrons. The Morgan fingerprint density at radius 3 is 2.33 bits per heavy atom. The van der Waals surface area contributed by atoms with Crippen molar-refractivity contribution in [2.75, 3.05) is 31.2 Å². The molecule has 24 heavy (non-hydrogen) atoms. The van der Waals surface area contributed by atoms with Crippen molar-refractivity contribution in [3.05, 3.63) is 30.3 Å². The average molecular weight is 350 g/mol. The van der Waals surface area contributed by atoms with Crippen molar-refractivity contribution in [3.63, 3.8) is 0 Å². The zero-order valence-corrected chi connectivity index (χ0v) is 15.2. The van der Waals surface area contributed by atoms with E-state index in [9.17, 15) is 8.42 Å². The molecule has 2 aliphatic rings. The molecule has 1 saturated carbocycles. The van der Waals surface area contributed by atoms with Crippen LogP contribution in [-0.4, -0.2) is 49.9 Å². The number of anilines is 1. The molecule has 5 nitrogen and oxygen atoms in total. The second kappa shape index (κ2) is 7.13. The average Bonchev–Trinajstić information content (AvgIpc) is 2.53. The molecule has 0 bridgehead atoms. The Morgan fingerprint density at radius 1 is 1.12 bits per heavy atom. The van der Waals surface area contributed by atoms with Crippen molar-refractivity contribution in [2.45, 2.75) is 43.3 Å². The number of sulfone groups is 1. The maximum Gasteiger partial charge on any atom is 0.198 e. The predicted octanol–water partition coefficient (Wildman–Crippen LogP) is 2.91. The van der Waals surface area contributed by atoms with Gasteiger partial charge in [-0.15, -0.1) is 0 Å². The number of rotatable bonds is 4. The van der Waals surface area contributed by atoms with Gasteiger partial charge < -0.3 is 10.2 Å². The highest BCUT2D eigenvalue weighted by Crippen LogP contribution is 2.39. The summed E-state index contributed by atoms with van der Waals surface area (Å²) in [5.41, 5.74) is 0.990. The summed E-state index contributed by atoms with van der Waals surface area (Å²) in [7, 11) is -3.08. The van der Waals surface area contributed by atoms with Crippen LogP contribution in [0.15, 0.2) is 35.3 Å². The molecule has 1 heterocycles. The first-order chi connectivity index (χ1) is 11.5. The topological polar surface area (TPSA) is 61.8 Å². The van der Waals surface area contributed by atoms with Crippen molar-refractivity contribution in [1.29, 1.82) is 0 Å². The lowest BCUT2D eigenvalue weighted by Crippen LogP contribution is -2.48. The van der Waals surface area contributed by atoms with Gasteiger partial charge in [0.2, 0.25) is 0 Å². The lowest BCUT2D eigenvalue weighted by molar-refractivity contribution is 0.329. The number of guanidine groups is 1. The third-order valence-corrected chi connectivity index (χ3v) is 7.36. The van der Waals surface area contributed by atoms with Crippen molar-refractivity contribution in [2.24, 2.45) is 4.99 Å². The fourth-order valence-corrected chi connectivity index (χ4v) is 4.74. The lowest BCUT2D eigenvalue weighted by Gasteiger charge is -2.39. The van der Waals surface area contributed by atoms with Gasteiger partial charge in [-0.1, -0.05) is 24.6 Å². The summed E-state index contributed by atoms with van der Waals surface area (Å²) in [6.07, 6.45) is 7.37. The molecule has 0 spiro atoms. The number of piperidine rings is 1. The molecule has 0 amide bonds. The second-order valence-electron chi connectivity index (χ2n) is 6.99. The Balaban J connectivity index is 1.80. The van der Waals surface area contributed by atoms with E-state index >= 15 is 0 Å². The summed E-state index contributed by atoms with van der Waals surface area (Å²) >= 11 is 0. The van der Waals surface area contributed by atoms with Crippen LogP contribution in [0.4, 0.5) is 5.69 Å². The highest BCUT2D eigenvalue weighted by atomic mass is 32.2. The maximum absolute atomic E-state index is 12.2. The monoisotopic (exact) mass is 349 g/mol. The van der Waals surface area contributed by atoms with Crippen LogP contribution in [-0.2, 0) is 9.84 Å². The van der Waals surface area contributed by atoms with Gasteiger partial charge in [-0.2, -0.15) is 0 Å². The van der Waals surface area contributed by atoms with E-state index in [0.29, 0.717) is 6.54 Å². The van der Waals surface area contributed by atoms with Crippen molar-refractivity contribution in [1.82, 2.24) is 4.90 Å². The minimum atomic E-state index is -3.08. The van der Waals surface area contributed by atoms with Gasteiger partial charge in [0.15, 0.2) is 15.8 Å². The predicted molar refractivity (Wildman–Crippen MR) is 99.2 cm³/mol. The van der Waals surface area contributed by atoms with E-state index in [1.54, 1.807) is 0 Å². The van der Waals surface area contributed by atoms with Crippen LogP contribution in [0.3, 0.4) is 0 Å². The largest absolute Gasteiger partial charge is 0.343 e. The van der Waals surface area contributed by atoms with E-state index in [1.165, 1.54) is 12.7 Å². The lowest BCUT2D eigenvalue weighted by atomic mass is 9.84. The second-order valence-corrected chi connectivity index (χ2v) is 9.40. The first kappa shape index (κ1) is 17.3. The number of para-hydroxylation sites is 1. The number of likely N-dealkylation sites (tertiary alicyclic amines) is 1. The van der Waals surface area contributed by atoms with Crippen LogP contribution < -0.4 is 5.32 Å². The number of benzene rings is 1. The molecular formula is C18H27N3O2S. The van der Waals surface area contributed by atoms with Gasteiger partial charge in [0.25, 0.3) is 0 Å². The molecule has 0 aromatic heterocycles. The molecule has 1 N–H and O–H groups in total. The molecule has 3 rings (SSSR count). The third kappa shape index (κ3) is 3.74. The first-order valence-electron chi connectivity index (χ1n) is 8.81. The molecule has 1 aliphatic carbocycles. The van der Waals surface area contributed by atoms with Crippen LogP contribution >= 0.6 is 0 Å². The normalized spacial score (nSPS) is 21.2. The van der Waals surface area contributed by atoms with Gasteiger partial charge in [0, 0.05) is 25.0 Å². The van der Waals surface area contributed by atoms with Crippen LogP contribution in [0, 0.1) is 0 Å². The summed E-state index contributed by atoms with van der Waals surface area (Å²) in [5.74, 6) is 0.816. The Labute approximate surface area is 145 Å².